The molecule has 0 bridgehead atoms. The van der Waals surface area contributed by atoms with Crippen LogP contribution in [0.5, 0.6) is 0 Å². The smallest absolute Gasteiger partial charge is 0.233 e. The number of carbonyl (C=O) groups excluding carboxylic acids is 1. The molecule has 2 aliphatic heterocycles. The lowest BCUT2D eigenvalue weighted by molar-refractivity contribution is -0.128. The fraction of sp³-hybridized carbons (Fsp3) is 0.500. The van der Waals surface area contributed by atoms with Gasteiger partial charge >= 0.3 is 0 Å². The largest absolute Gasteiger partial charge is 0.361 e. The van der Waals surface area contributed by atoms with Crippen LogP contribution >= 0.6 is 11.8 Å². The minimum atomic E-state index is 0.164. The van der Waals surface area contributed by atoms with Crippen molar-refractivity contribution in [3.05, 3.63) is 36.0 Å². The zero-order valence-electron chi connectivity index (χ0n) is 13.3. The molecule has 0 aliphatic carbocycles. The predicted octanol–water partition coefficient (Wildman–Crippen LogP) is 3.23. The minimum Gasteiger partial charge on any atom is -0.361 e. The second-order valence-corrected chi connectivity index (χ2v) is 7.51. The normalized spacial score (nSPS) is 22.5. The van der Waals surface area contributed by atoms with E-state index in [1.165, 1.54) is 36.9 Å². The van der Waals surface area contributed by atoms with Gasteiger partial charge in [0.25, 0.3) is 0 Å². The lowest BCUT2D eigenvalue weighted by Crippen LogP contribution is -2.31. The molecule has 2 fully saturated rings. The van der Waals surface area contributed by atoms with Crippen molar-refractivity contribution in [1.82, 2.24) is 14.8 Å². The van der Waals surface area contributed by atoms with E-state index in [9.17, 15) is 4.79 Å². The molecule has 2 aliphatic rings. The molecular weight excluding hydrogens is 306 g/mol. The number of thioether (sulfide) groups is 1. The van der Waals surface area contributed by atoms with Gasteiger partial charge in [0.15, 0.2) is 0 Å². The van der Waals surface area contributed by atoms with Crippen LogP contribution in [0.25, 0.3) is 10.9 Å². The predicted molar refractivity (Wildman–Crippen MR) is 95.5 cm³/mol. The number of para-hydroxylation sites is 1. The Kier molecular flexibility index (Phi) is 4.31. The Hall–Kier alpha value is -1.46. The summed E-state index contributed by atoms with van der Waals surface area (Å²) < 4.78 is 0. The van der Waals surface area contributed by atoms with Gasteiger partial charge in [0, 0.05) is 29.2 Å². The molecule has 3 heterocycles. The molecule has 23 heavy (non-hydrogen) atoms. The Morgan fingerprint density at radius 2 is 2.00 bits per heavy atom. The van der Waals surface area contributed by atoms with Gasteiger partial charge in [0.2, 0.25) is 5.91 Å². The SMILES string of the molecule is O=C1CSC(c2c[nH]c3ccccc23)N1CCCN1CCCC1. The molecule has 4 rings (SSSR count). The van der Waals surface area contributed by atoms with E-state index in [4.69, 9.17) is 0 Å². The summed E-state index contributed by atoms with van der Waals surface area (Å²) in [5.74, 6) is 0.889. The van der Waals surface area contributed by atoms with Crippen LogP contribution in [0.4, 0.5) is 0 Å². The average molecular weight is 329 g/mol. The molecular formula is C18H23N3OS. The molecule has 1 aromatic carbocycles. The molecule has 2 aromatic rings. The van der Waals surface area contributed by atoms with Crippen molar-refractivity contribution in [2.24, 2.45) is 0 Å². The van der Waals surface area contributed by atoms with Gasteiger partial charge in [-0.05, 0) is 45.0 Å². The van der Waals surface area contributed by atoms with Crippen molar-refractivity contribution in [2.75, 3.05) is 31.9 Å². The Labute approximate surface area is 141 Å². The van der Waals surface area contributed by atoms with E-state index in [2.05, 4.69) is 39.2 Å². The van der Waals surface area contributed by atoms with Crippen LogP contribution in [0.15, 0.2) is 30.5 Å². The minimum absolute atomic E-state index is 0.164. The Bertz CT molecular complexity index is 692. The third-order valence-electron chi connectivity index (χ3n) is 4.93. The van der Waals surface area contributed by atoms with E-state index in [-0.39, 0.29) is 11.3 Å². The van der Waals surface area contributed by atoms with Gasteiger partial charge in [-0.15, -0.1) is 11.8 Å². The van der Waals surface area contributed by atoms with E-state index in [0.29, 0.717) is 5.75 Å². The van der Waals surface area contributed by atoms with Crippen LogP contribution < -0.4 is 0 Å². The van der Waals surface area contributed by atoms with Gasteiger partial charge in [-0.1, -0.05) is 18.2 Å². The van der Waals surface area contributed by atoms with Crippen molar-refractivity contribution in [3.63, 3.8) is 0 Å². The standard InChI is InChI=1S/C18H23N3OS/c22-17-13-23-18(15-12-19-16-7-2-1-6-14(15)16)21(17)11-5-10-20-8-3-4-9-20/h1-2,6-7,12,18-19H,3-5,8-11,13H2. The molecule has 1 N–H and O–H groups in total. The third-order valence-corrected chi connectivity index (χ3v) is 6.17. The van der Waals surface area contributed by atoms with Gasteiger partial charge in [0.05, 0.1) is 5.75 Å². The molecule has 0 radical (unpaired) electrons. The highest BCUT2D eigenvalue weighted by atomic mass is 32.2. The molecule has 1 atom stereocenters. The average Bonchev–Trinajstić information content (AvgIpc) is 3.28. The van der Waals surface area contributed by atoms with Crippen molar-refractivity contribution in [3.8, 4) is 0 Å². The van der Waals surface area contributed by atoms with Crippen molar-refractivity contribution >= 4 is 28.6 Å². The highest BCUT2D eigenvalue weighted by Gasteiger charge is 2.33. The van der Waals surface area contributed by atoms with Crippen LogP contribution in [0.2, 0.25) is 0 Å². The monoisotopic (exact) mass is 329 g/mol. The van der Waals surface area contributed by atoms with Crippen molar-refractivity contribution in [2.45, 2.75) is 24.6 Å². The van der Waals surface area contributed by atoms with Gasteiger partial charge < -0.3 is 14.8 Å². The number of fused-ring (bicyclic) bond motifs is 1. The first-order valence-corrected chi connectivity index (χ1v) is 9.57. The molecule has 1 aromatic heterocycles. The zero-order chi connectivity index (χ0) is 15.6. The van der Waals surface area contributed by atoms with Crippen LogP contribution in [0, 0.1) is 0 Å². The first kappa shape index (κ1) is 15.1. The van der Waals surface area contributed by atoms with E-state index in [0.717, 1.165) is 25.0 Å². The highest BCUT2D eigenvalue weighted by molar-refractivity contribution is 8.00. The maximum Gasteiger partial charge on any atom is 0.233 e. The quantitative estimate of drug-likeness (QED) is 0.915. The number of rotatable bonds is 5. The number of H-pyrrole nitrogens is 1. The molecule has 0 saturated carbocycles. The maximum atomic E-state index is 12.3. The number of likely N-dealkylation sites (tertiary alicyclic amines) is 1. The molecule has 0 spiro atoms. The van der Waals surface area contributed by atoms with Crippen LogP contribution in [0.1, 0.15) is 30.2 Å². The van der Waals surface area contributed by atoms with Gasteiger partial charge in [-0.2, -0.15) is 0 Å². The number of nitrogens with zero attached hydrogens (tertiary/aromatic N) is 2. The molecule has 1 unspecified atom stereocenters. The number of carbonyl (C=O) groups is 1. The summed E-state index contributed by atoms with van der Waals surface area (Å²) in [4.78, 5) is 20.3. The number of nitrogens with one attached hydrogen (secondary N) is 1. The molecule has 4 nitrogen and oxygen atoms in total. The summed E-state index contributed by atoms with van der Waals surface area (Å²) in [6, 6.07) is 8.35. The Morgan fingerprint density at radius 3 is 2.87 bits per heavy atom. The van der Waals surface area contributed by atoms with E-state index in [1.807, 2.05) is 6.07 Å². The fourth-order valence-corrected chi connectivity index (χ4v) is 4.97. The zero-order valence-corrected chi connectivity index (χ0v) is 14.1. The molecule has 5 heteroatoms. The van der Waals surface area contributed by atoms with Crippen LogP contribution in [-0.4, -0.2) is 52.6 Å². The summed E-state index contributed by atoms with van der Waals surface area (Å²) in [6.45, 7) is 4.45. The summed E-state index contributed by atoms with van der Waals surface area (Å²) in [6.07, 6.45) is 5.81. The summed E-state index contributed by atoms with van der Waals surface area (Å²) in [5.41, 5.74) is 2.40. The second-order valence-electron chi connectivity index (χ2n) is 6.44. The Balaban J connectivity index is 1.47. The second kappa shape index (κ2) is 6.57. The number of aromatic nitrogens is 1. The highest BCUT2D eigenvalue weighted by Crippen LogP contribution is 2.41. The van der Waals surface area contributed by atoms with Gasteiger partial charge in [-0.25, -0.2) is 0 Å². The summed E-state index contributed by atoms with van der Waals surface area (Å²) in [7, 11) is 0. The van der Waals surface area contributed by atoms with Crippen LogP contribution in [-0.2, 0) is 4.79 Å². The number of amides is 1. The summed E-state index contributed by atoms with van der Waals surface area (Å²) >= 11 is 1.76. The van der Waals surface area contributed by atoms with E-state index >= 15 is 0 Å². The van der Waals surface area contributed by atoms with Gasteiger partial charge in [0.1, 0.15) is 5.37 Å². The van der Waals surface area contributed by atoms with Crippen molar-refractivity contribution in [1.29, 1.82) is 0 Å². The van der Waals surface area contributed by atoms with Crippen LogP contribution in [0.3, 0.4) is 0 Å². The molecule has 122 valence electrons. The third kappa shape index (κ3) is 3.00. The fourth-order valence-electron chi connectivity index (χ4n) is 3.72. The number of benzene rings is 1. The summed E-state index contributed by atoms with van der Waals surface area (Å²) in [5, 5.41) is 1.40. The maximum absolute atomic E-state index is 12.3. The first-order valence-electron chi connectivity index (χ1n) is 8.52. The molecule has 1 amide bonds. The van der Waals surface area contributed by atoms with E-state index in [1.54, 1.807) is 11.8 Å². The lowest BCUT2D eigenvalue weighted by atomic mass is 10.1. The Morgan fingerprint density at radius 1 is 1.17 bits per heavy atom. The van der Waals surface area contributed by atoms with Gasteiger partial charge in [-0.3, -0.25) is 4.79 Å². The first-order chi connectivity index (χ1) is 11.3. The number of hydrogen-bond donors (Lipinski definition) is 1. The molecule has 2 saturated heterocycles. The van der Waals surface area contributed by atoms with Crippen molar-refractivity contribution < 1.29 is 4.79 Å². The topological polar surface area (TPSA) is 39.3 Å². The lowest BCUT2D eigenvalue weighted by Gasteiger charge is -2.25. The number of aromatic amines is 1. The van der Waals surface area contributed by atoms with E-state index < -0.39 is 0 Å². The number of hydrogen-bond acceptors (Lipinski definition) is 3.